The smallest absolute Gasteiger partial charge is 0.0786 e. The van der Waals surface area contributed by atoms with Crippen molar-refractivity contribution in [3.05, 3.63) is 535 Å². The lowest BCUT2D eigenvalue weighted by atomic mass is 9.90. The zero-order valence-electron chi connectivity index (χ0n) is 79.4. The van der Waals surface area contributed by atoms with E-state index in [1.807, 2.05) is 59.9 Å². The van der Waals surface area contributed by atoms with E-state index in [9.17, 15) is 0 Å². The number of thiophene rings is 2. The van der Waals surface area contributed by atoms with E-state index < -0.39 is 0 Å². The first-order valence-corrected chi connectivity index (χ1v) is 51.4. The second-order valence-electron chi connectivity index (χ2n) is 37.5. The van der Waals surface area contributed by atoms with Crippen LogP contribution in [0.1, 0.15) is 0 Å². The molecule has 30 rings (SSSR count). The summed E-state index contributed by atoms with van der Waals surface area (Å²) in [4.78, 5) is 19.3. The van der Waals surface area contributed by atoms with Gasteiger partial charge in [0.05, 0.1) is 11.4 Å². The third kappa shape index (κ3) is 15.4. The highest BCUT2D eigenvalue weighted by Gasteiger charge is 2.23. The second-order valence-corrected chi connectivity index (χ2v) is 39.6. The van der Waals surface area contributed by atoms with E-state index in [0.717, 1.165) is 28.1 Å². The molecule has 6 heteroatoms. The van der Waals surface area contributed by atoms with E-state index in [-0.39, 0.29) is 0 Å². The van der Waals surface area contributed by atoms with Gasteiger partial charge < -0.3 is 0 Å². The summed E-state index contributed by atoms with van der Waals surface area (Å²) in [6.07, 6.45) is 12.0. The quantitative estimate of drug-likeness (QED) is 0.128. The first kappa shape index (κ1) is 86.5. The minimum absolute atomic E-state index is 1.02. The molecule has 0 fully saturated rings. The number of hydrogen-bond donors (Lipinski definition) is 0. The standard InChI is InChI=1S/2C35H21NS.2C35H23N/c1-2-13-27-25(11-1)26-12-3-4-15-29(26)34-31(20-36-21-32(27)34)23-10-7-9-22(19-23)24-16-8-17-30-28-14-5-6-18-33(28)37-35(24)30;1-2-13-27-25(11-1)26-12-3-4-15-29(26)33-30(27)19-20-36-34(33)23-10-7-9-22(21-23)24-16-8-17-31-28-14-5-6-18-32(28)37-35(24)31;1-2-10-24(11-3-1)25-12-8-13-26(20-25)27-14-9-15-28(21-27)33-22-36-23-34-31-18-5-4-16-29(31)30-17-6-7-19-32(30)35(33)34;1-2-10-24(11-3-1)25-12-8-13-26(22-25)27-14-9-15-28(23-27)35-34-32-19-7-6-17-30(32)29-16-4-5-18-31(29)33(34)20-21-36-35/h2*1-21H;2*1-23H. The minimum atomic E-state index is 1.02. The summed E-state index contributed by atoms with van der Waals surface area (Å²) in [6.45, 7) is 0. The number of aromatic nitrogens is 4. The Morgan fingerprint density at radius 1 is 0.130 bits per heavy atom. The van der Waals surface area contributed by atoms with Crippen LogP contribution in [0.15, 0.2) is 535 Å². The lowest BCUT2D eigenvalue weighted by Gasteiger charge is -2.14. The van der Waals surface area contributed by atoms with Crippen LogP contribution in [0, 0.1) is 0 Å². The summed E-state index contributed by atoms with van der Waals surface area (Å²) in [5.74, 6) is 0. The molecule has 24 aromatic carbocycles. The monoisotopic (exact) mass is 1890 g/mol. The largest absolute Gasteiger partial charge is 0.263 e. The molecule has 0 atom stereocenters. The average Bonchev–Trinajstić information content (AvgIpc) is 1.68. The maximum Gasteiger partial charge on any atom is 0.0786 e. The second kappa shape index (κ2) is 37.1. The molecule has 0 spiro atoms. The molecule has 146 heavy (non-hydrogen) atoms. The highest BCUT2D eigenvalue weighted by atomic mass is 32.1. The van der Waals surface area contributed by atoms with Gasteiger partial charge in [-0.15, -0.1) is 22.7 Å². The van der Waals surface area contributed by atoms with E-state index in [4.69, 9.17) is 19.9 Å². The van der Waals surface area contributed by atoms with Crippen LogP contribution in [0.2, 0.25) is 0 Å². The molecule has 4 nitrogen and oxygen atoms in total. The van der Waals surface area contributed by atoms with Crippen molar-refractivity contribution in [1.82, 2.24) is 19.9 Å². The Balaban J connectivity index is 0.0000000965. The maximum atomic E-state index is 4.97. The zero-order chi connectivity index (χ0) is 96.5. The number of pyridine rings is 4. The predicted octanol–water partition coefficient (Wildman–Crippen LogP) is 39.6. The molecule has 30 aromatic rings. The number of benzene rings is 24. The molecule has 0 saturated heterocycles. The first-order chi connectivity index (χ1) is 72.5. The molecule has 680 valence electrons. The van der Waals surface area contributed by atoms with E-state index in [1.165, 1.54) is 253 Å². The topological polar surface area (TPSA) is 51.6 Å². The molecule has 0 N–H and O–H groups in total. The van der Waals surface area contributed by atoms with Crippen molar-refractivity contribution in [2.75, 3.05) is 0 Å². The van der Waals surface area contributed by atoms with Crippen molar-refractivity contribution in [3.8, 4) is 112 Å². The molecular formula is C140H88N4S2. The highest BCUT2D eigenvalue weighted by molar-refractivity contribution is 7.26. The van der Waals surface area contributed by atoms with Crippen LogP contribution < -0.4 is 0 Å². The molecule has 0 aliphatic heterocycles. The molecule has 0 amide bonds. The summed E-state index contributed by atoms with van der Waals surface area (Å²) < 4.78 is 5.34. The van der Waals surface area contributed by atoms with Crippen LogP contribution in [0.25, 0.3) is 281 Å². The third-order valence-corrected chi connectivity index (χ3v) is 31.7. The fourth-order valence-electron chi connectivity index (χ4n) is 22.6. The van der Waals surface area contributed by atoms with Crippen molar-refractivity contribution in [2.24, 2.45) is 0 Å². The van der Waals surface area contributed by atoms with Gasteiger partial charge in [-0.2, -0.15) is 0 Å². The summed E-state index contributed by atoms with van der Waals surface area (Å²) in [5, 5.41) is 35.4. The van der Waals surface area contributed by atoms with Crippen LogP contribution in [-0.4, -0.2) is 19.9 Å². The lowest BCUT2D eigenvalue weighted by Crippen LogP contribution is -1.90. The number of nitrogens with zero attached hydrogens (tertiary/aromatic N) is 4. The molecule has 6 aromatic heterocycles. The van der Waals surface area contributed by atoms with Gasteiger partial charge in [-0.05, 0) is 236 Å². The Labute approximate surface area is 851 Å². The molecule has 0 bridgehead atoms. The summed E-state index contributed by atoms with van der Waals surface area (Å²) in [5.41, 5.74) is 23.7. The first-order valence-electron chi connectivity index (χ1n) is 49.7. The van der Waals surface area contributed by atoms with E-state index in [2.05, 4.69) is 497 Å². The van der Waals surface area contributed by atoms with Crippen molar-refractivity contribution in [2.45, 2.75) is 0 Å². The number of rotatable bonds is 10. The van der Waals surface area contributed by atoms with Gasteiger partial charge in [0, 0.05) is 132 Å². The molecule has 0 saturated carbocycles. The van der Waals surface area contributed by atoms with E-state index in [1.54, 1.807) is 0 Å². The Morgan fingerprint density at radius 3 is 0.685 bits per heavy atom. The zero-order valence-corrected chi connectivity index (χ0v) is 81.0. The Kier molecular flexibility index (Phi) is 22.0. The maximum absolute atomic E-state index is 4.97. The summed E-state index contributed by atoms with van der Waals surface area (Å²) >= 11 is 3.75. The molecular weight excluding hydrogens is 1800 g/mol. The van der Waals surface area contributed by atoms with Crippen molar-refractivity contribution in [3.63, 3.8) is 0 Å². The van der Waals surface area contributed by atoms with Crippen LogP contribution in [0.4, 0.5) is 0 Å². The molecule has 6 heterocycles. The van der Waals surface area contributed by atoms with Gasteiger partial charge in [0.2, 0.25) is 0 Å². The Bertz CT molecular complexity index is 9670. The Hall–Kier alpha value is -18.6. The fourth-order valence-corrected chi connectivity index (χ4v) is 25.1. The van der Waals surface area contributed by atoms with Crippen LogP contribution in [0.5, 0.6) is 0 Å². The van der Waals surface area contributed by atoms with Crippen LogP contribution in [-0.2, 0) is 0 Å². The van der Waals surface area contributed by atoms with Gasteiger partial charge in [-0.1, -0.05) is 437 Å². The summed E-state index contributed by atoms with van der Waals surface area (Å²) in [7, 11) is 0. The lowest BCUT2D eigenvalue weighted by molar-refractivity contribution is 1.36. The van der Waals surface area contributed by atoms with Crippen LogP contribution in [0.3, 0.4) is 0 Å². The number of hydrogen-bond acceptors (Lipinski definition) is 6. The molecule has 0 aliphatic carbocycles. The van der Waals surface area contributed by atoms with Gasteiger partial charge >= 0.3 is 0 Å². The predicted molar refractivity (Wildman–Crippen MR) is 627 cm³/mol. The highest BCUT2D eigenvalue weighted by Crippen LogP contribution is 2.50. The van der Waals surface area contributed by atoms with Gasteiger partial charge in [-0.25, -0.2) is 0 Å². The van der Waals surface area contributed by atoms with Crippen molar-refractivity contribution < 1.29 is 0 Å². The average molecular weight is 1890 g/mol. The van der Waals surface area contributed by atoms with Gasteiger partial charge in [0.15, 0.2) is 0 Å². The minimum Gasteiger partial charge on any atom is -0.263 e. The van der Waals surface area contributed by atoms with E-state index >= 15 is 0 Å². The van der Waals surface area contributed by atoms with Gasteiger partial charge in [0.25, 0.3) is 0 Å². The normalized spacial score (nSPS) is 11.6. The summed E-state index contributed by atoms with van der Waals surface area (Å²) in [6, 6.07) is 179. The fraction of sp³-hybridized carbons (Fsp3) is 0. The van der Waals surface area contributed by atoms with Gasteiger partial charge in [-0.3, -0.25) is 19.9 Å². The van der Waals surface area contributed by atoms with Crippen LogP contribution >= 0.6 is 22.7 Å². The van der Waals surface area contributed by atoms with Gasteiger partial charge in [0.1, 0.15) is 0 Å². The third-order valence-electron chi connectivity index (χ3n) is 29.3. The number of fused-ring (bicyclic) bond motifs is 30. The Morgan fingerprint density at radius 2 is 0.342 bits per heavy atom. The molecule has 0 aliphatic rings. The molecule has 0 unspecified atom stereocenters. The SMILES string of the molecule is c1cc(-c2cccc3c2sc2ccccc23)cc(-c2cncc3c4ccccc4c4ccccc4c23)c1.c1cc(-c2cccc3c2sc2ccccc23)cc(-c2nccc3c4ccccc4c4ccccc4c23)c1.c1ccc(-c2cccc(-c3cccc(-c4cncc5c6ccccc6c6ccccc6c45)c3)c2)cc1.c1ccc(-c2cccc(-c3cccc(-c4nccc5c6ccccc6c6ccccc6c45)c3)c2)cc1. The molecule has 0 radical (unpaired) electrons. The van der Waals surface area contributed by atoms with E-state index in [0.29, 0.717) is 0 Å². The van der Waals surface area contributed by atoms with Crippen molar-refractivity contribution in [1.29, 1.82) is 0 Å². The van der Waals surface area contributed by atoms with Crippen molar-refractivity contribution >= 4 is 192 Å².